The van der Waals surface area contributed by atoms with Gasteiger partial charge in [0.2, 0.25) is 5.91 Å². The first-order valence-electron chi connectivity index (χ1n) is 6.52. The minimum atomic E-state index is -4.72. The van der Waals surface area contributed by atoms with Crippen LogP contribution >= 0.6 is 0 Å². The van der Waals surface area contributed by atoms with Crippen LogP contribution in [-0.2, 0) is 11.0 Å². The zero-order valence-electron chi connectivity index (χ0n) is 11.9. The van der Waals surface area contributed by atoms with Crippen LogP contribution in [0.5, 0.6) is 0 Å². The molecule has 1 atom stereocenters. The molecule has 0 bridgehead atoms. The predicted octanol–water partition coefficient (Wildman–Crippen LogP) is 2.75. The van der Waals surface area contributed by atoms with Gasteiger partial charge in [-0.05, 0) is 29.8 Å². The molecular formula is C15H10F4N4O. The van der Waals surface area contributed by atoms with Crippen LogP contribution in [0.3, 0.4) is 0 Å². The van der Waals surface area contributed by atoms with Gasteiger partial charge in [-0.15, -0.1) is 0 Å². The standard InChI is InChI=1S/C15H10F4N4O/c16-10-4-1-8(2-5-10)12(13(21)24)23-14-9(7-20)3-6-11(22-14)15(17,18)19/h1-6,12H,(H2,21,24)(H,22,23). The number of amides is 1. The number of nitrogens with two attached hydrogens (primary N) is 1. The first kappa shape index (κ1) is 17.2. The summed E-state index contributed by atoms with van der Waals surface area (Å²) in [5.41, 5.74) is 4.03. The van der Waals surface area contributed by atoms with E-state index in [1.807, 2.05) is 0 Å². The highest BCUT2D eigenvalue weighted by Crippen LogP contribution is 2.30. The van der Waals surface area contributed by atoms with Crippen molar-refractivity contribution in [2.24, 2.45) is 5.73 Å². The van der Waals surface area contributed by atoms with Gasteiger partial charge in [-0.2, -0.15) is 18.4 Å². The number of nitriles is 1. The lowest BCUT2D eigenvalue weighted by Crippen LogP contribution is -2.28. The van der Waals surface area contributed by atoms with Crippen molar-refractivity contribution in [1.29, 1.82) is 5.26 Å². The number of anilines is 1. The lowest BCUT2D eigenvalue weighted by atomic mass is 10.1. The van der Waals surface area contributed by atoms with Gasteiger partial charge in [0.1, 0.15) is 29.4 Å². The largest absolute Gasteiger partial charge is 0.433 e. The third-order valence-corrected chi connectivity index (χ3v) is 3.08. The first-order chi connectivity index (χ1) is 11.2. The summed E-state index contributed by atoms with van der Waals surface area (Å²) in [6.45, 7) is 0. The fraction of sp³-hybridized carbons (Fsp3) is 0.133. The molecule has 0 spiro atoms. The summed E-state index contributed by atoms with van der Waals surface area (Å²) in [6, 6.07) is 6.61. The maximum absolute atomic E-state index is 13.0. The highest BCUT2D eigenvalue weighted by Gasteiger charge is 2.33. The van der Waals surface area contributed by atoms with E-state index < -0.39 is 35.5 Å². The highest BCUT2D eigenvalue weighted by molar-refractivity contribution is 5.84. The van der Waals surface area contributed by atoms with Crippen LogP contribution in [0.1, 0.15) is 22.9 Å². The third kappa shape index (κ3) is 3.78. The molecule has 1 unspecified atom stereocenters. The Kier molecular flexibility index (Phi) is 4.69. The smallest absolute Gasteiger partial charge is 0.368 e. The van der Waals surface area contributed by atoms with Crippen molar-refractivity contribution in [1.82, 2.24) is 4.98 Å². The molecule has 2 rings (SSSR count). The minimum absolute atomic E-state index is 0.198. The lowest BCUT2D eigenvalue weighted by Gasteiger charge is -2.18. The van der Waals surface area contributed by atoms with Crippen molar-refractivity contribution in [3.63, 3.8) is 0 Å². The number of carbonyl (C=O) groups excluding carboxylic acids is 1. The van der Waals surface area contributed by atoms with E-state index in [1.54, 1.807) is 6.07 Å². The molecule has 9 heteroatoms. The van der Waals surface area contributed by atoms with Crippen LogP contribution < -0.4 is 11.1 Å². The Morgan fingerprint density at radius 1 is 1.21 bits per heavy atom. The monoisotopic (exact) mass is 338 g/mol. The van der Waals surface area contributed by atoms with E-state index in [2.05, 4.69) is 10.3 Å². The van der Waals surface area contributed by atoms with Crippen molar-refractivity contribution in [2.45, 2.75) is 12.2 Å². The molecule has 24 heavy (non-hydrogen) atoms. The van der Waals surface area contributed by atoms with E-state index in [4.69, 9.17) is 11.0 Å². The van der Waals surface area contributed by atoms with Crippen molar-refractivity contribution in [3.05, 3.63) is 59.0 Å². The number of hydrogen-bond acceptors (Lipinski definition) is 4. The van der Waals surface area contributed by atoms with Crippen LogP contribution in [0.2, 0.25) is 0 Å². The first-order valence-corrected chi connectivity index (χ1v) is 6.52. The topological polar surface area (TPSA) is 91.8 Å². The van der Waals surface area contributed by atoms with Gasteiger partial charge >= 0.3 is 6.18 Å². The summed E-state index contributed by atoms with van der Waals surface area (Å²) in [4.78, 5) is 14.9. The SMILES string of the molecule is N#Cc1ccc(C(F)(F)F)nc1NC(C(N)=O)c1ccc(F)cc1. The fourth-order valence-electron chi connectivity index (χ4n) is 1.93. The molecule has 5 nitrogen and oxygen atoms in total. The molecule has 0 fully saturated rings. The summed E-state index contributed by atoms with van der Waals surface area (Å²) in [7, 11) is 0. The number of aromatic nitrogens is 1. The second kappa shape index (κ2) is 6.54. The molecule has 1 amide bonds. The van der Waals surface area contributed by atoms with Crippen molar-refractivity contribution in [3.8, 4) is 6.07 Å². The van der Waals surface area contributed by atoms with Gasteiger partial charge in [0.25, 0.3) is 0 Å². The van der Waals surface area contributed by atoms with Crippen LogP contribution in [-0.4, -0.2) is 10.9 Å². The molecule has 0 aliphatic heterocycles. The number of carbonyl (C=O) groups is 1. The Bertz CT molecular complexity index is 797. The number of primary amides is 1. The van der Waals surface area contributed by atoms with E-state index >= 15 is 0 Å². The molecule has 0 radical (unpaired) electrons. The van der Waals surface area contributed by atoms with E-state index in [-0.39, 0.29) is 11.1 Å². The number of nitrogens with zero attached hydrogens (tertiary/aromatic N) is 2. The second-order valence-electron chi connectivity index (χ2n) is 4.73. The Morgan fingerprint density at radius 2 is 1.83 bits per heavy atom. The molecule has 1 heterocycles. The maximum Gasteiger partial charge on any atom is 0.433 e. The molecular weight excluding hydrogens is 328 g/mol. The van der Waals surface area contributed by atoms with Crippen LogP contribution in [0.15, 0.2) is 36.4 Å². The Labute approximate surface area is 133 Å². The second-order valence-corrected chi connectivity index (χ2v) is 4.73. The van der Waals surface area contributed by atoms with Gasteiger partial charge in [0, 0.05) is 0 Å². The Morgan fingerprint density at radius 3 is 2.33 bits per heavy atom. The van der Waals surface area contributed by atoms with Crippen LogP contribution in [0.4, 0.5) is 23.4 Å². The molecule has 1 aromatic carbocycles. The lowest BCUT2D eigenvalue weighted by molar-refractivity contribution is -0.141. The zero-order chi connectivity index (χ0) is 17.9. The van der Waals surface area contributed by atoms with Crippen molar-refractivity contribution in [2.75, 3.05) is 5.32 Å². The summed E-state index contributed by atoms with van der Waals surface area (Å²) >= 11 is 0. The number of hydrogen-bond donors (Lipinski definition) is 2. The number of benzene rings is 1. The summed E-state index contributed by atoms with van der Waals surface area (Å²) in [5.74, 6) is -1.93. The number of rotatable bonds is 4. The predicted molar refractivity (Wildman–Crippen MR) is 75.9 cm³/mol. The molecule has 1 aromatic heterocycles. The Balaban J connectivity index is 2.44. The molecule has 0 saturated carbocycles. The number of pyridine rings is 1. The molecule has 0 saturated heterocycles. The minimum Gasteiger partial charge on any atom is -0.368 e. The quantitative estimate of drug-likeness (QED) is 0.839. The summed E-state index contributed by atoms with van der Waals surface area (Å²) in [6.07, 6.45) is -4.72. The van der Waals surface area contributed by atoms with Gasteiger partial charge < -0.3 is 11.1 Å². The van der Waals surface area contributed by atoms with Gasteiger partial charge in [-0.25, -0.2) is 9.37 Å². The molecule has 3 N–H and O–H groups in total. The van der Waals surface area contributed by atoms with Crippen molar-refractivity contribution >= 4 is 11.7 Å². The summed E-state index contributed by atoms with van der Waals surface area (Å²) in [5, 5.41) is 11.4. The molecule has 0 aliphatic rings. The van der Waals surface area contributed by atoms with E-state index in [0.717, 1.165) is 18.2 Å². The van der Waals surface area contributed by atoms with E-state index in [0.29, 0.717) is 6.07 Å². The van der Waals surface area contributed by atoms with Crippen molar-refractivity contribution < 1.29 is 22.4 Å². The number of alkyl halides is 3. The zero-order valence-corrected chi connectivity index (χ0v) is 11.9. The van der Waals surface area contributed by atoms with Crippen LogP contribution in [0.25, 0.3) is 0 Å². The number of halogens is 4. The maximum atomic E-state index is 13.0. The van der Waals surface area contributed by atoms with Gasteiger partial charge in [0.05, 0.1) is 5.56 Å². The van der Waals surface area contributed by atoms with E-state index in [1.165, 1.54) is 12.1 Å². The molecule has 2 aromatic rings. The van der Waals surface area contributed by atoms with Gasteiger partial charge in [-0.3, -0.25) is 4.79 Å². The fourth-order valence-corrected chi connectivity index (χ4v) is 1.93. The van der Waals surface area contributed by atoms with E-state index in [9.17, 15) is 22.4 Å². The normalized spacial score (nSPS) is 12.3. The number of nitrogens with one attached hydrogen (secondary N) is 1. The summed E-state index contributed by atoms with van der Waals surface area (Å²) < 4.78 is 51.2. The third-order valence-electron chi connectivity index (χ3n) is 3.08. The van der Waals surface area contributed by atoms with Gasteiger partial charge in [0.15, 0.2) is 0 Å². The van der Waals surface area contributed by atoms with Gasteiger partial charge in [-0.1, -0.05) is 12.1 Å². The molecule has 0 aliphatic carbocycles. The highest BCUT2D eigenvalue weighted by atomic mass is 19.4. The van der Waals surface area contributed by atoms with Crippen LogP contribution in [0, 0.1) is 17.1 Å². The molecule has 124 valence electrons. The average molecular weight is 338 g/mol. The Hall–Kier alpha value is -3.15. The average Bonchev–Trinajstić information content (AvgIpc) is 2.52.